The Morgan fingerprint density at radius 3 is 2.08 bits per heavy atom. The van der Waals surface area contributed by atoms with Crippen molar-refractivity contribution < 1.29 is 19.5 Å². The van der Waals surface area contributed by atoms with E-state index in [1.54, 1.807) is 12.1 Å². The van der Waals surface area contributed by atoms with Crippen molar-refractivity contribution in [2.75, 3.05) is 0 Å². The van der Waals surface area contributed by atoms with Crippen LogP contribution in [0.4, 0.5) is 0 Å². The third-order valence-electron chi connectivity index (χ3n) is 5.82. The molecule has 2 aliphatic carbocycles. The van der Waals surface area contributed by atoms with Crippen LogP contribution in [0.2, 0.25) is 0 Å². The van der Waals surface area contributed by atoms with Gasteiger partial charge in [-0.15, -0.1) is 0 Å². The average Bonchev–Trinajstić information content (AvgIpc) is 3.19. The summed E-state index contributed by atoms with van der Waals surface area (Å²) in [5.74, 6) is -2.75. The summed E-state index contributed by atoms with van der Waals surface area (Å²) < 4.78 is 0. The molecule has 2 aliphatic rings. The molecule has 140 valence electrons. The summed E-state index contributed by atoms with van der Waals surface area (Å²) in [6.45, 7) is 6.28. The molecule has 2 saturated carbocycles. The molecule has 6 nitrogen and oxygen atoms in total. The molecular weight excluding hydrogens is 332 g/mol. The molecule has 1 aromatic rings. The molecule has 4 atom stereocenters. The molecule has 2 fully saturated rings. The Bertz CT molecular complexity index is 720. The van der Waals surface area contributed by atoms with Crippen LogP contribution < -0.4 is 10.9 Å². The minimum atomic E-state index is -0.915. The summed E-state index contributed by atoms with van der Waals surface area (Å²) in [6.07, 6.45) is 2.55. The number of carbonyl (C=O) groups excluding carboxylic acids is 2. The monoisotopic (exact) mass is 358 g/mol. The molecule has 2 bridgehead atoms. The third kappa shape index (κ3) is 3.45. The van der Waals surface area contributed by atoms with Crippen LogP contribution in [-0.2, 0) is 15.0 Å². The molecule has 0 heterocycles. The topological polar surface area (TPSA) is 95.5 Å². The predicted molar refractivity (Wildman–Crippen MR) is 96.2 cm³/mol. The lowest BCUT2D eigenvalue weighted by atomic mass is 9.79. The van der Waals surface area contributed by atoms with E-state index in [4.69, 9.17) is 0 Å². The zero-order valence-electron chi connectivity index (χ0n) is 15.4. The first-order valence-corrected chi connectivity index (χ1v) is 9.12. The van der Waals surface area contributed by atoms with E-state index in [2.05, 4.69) is 31.6 Å². The molecular formula is C20H26N2O4. The standard InChI is InChI=1S/C20H26N2O4/c1-20(2,3)14-8-6-11(7-9-14)17(23)21-22-18(24)15-12-4-5-13(10-12)16(15)19(25)26/h6-9,12-13,15-16H,4-5,10H2,1-3H3,(H,21,23)(H,22,24)(H,25,26)/t12-,13+,15-,16+/m1/s1. The molecule has 6 heteroatoms. The lowest BCUT2D eigenvalue weighted by molar-refractivity contribution is -0.149. The summed E-state index contributed by atoms with van der Waals surface area (Å²) in [5, 5.41) is 9.43. The van der Waals surface area contributed by atoms with E-state index in [0.29, 0.717) is 5.56 Å². The van der Waals surface area contributed by atoms with Crippen LogP contribution in [0.3, 0.4) is 0 Å². The highest BCUT2D eigenvalue weighted by molar-refractivity contribution is 5.96. The van der Waals surface area contributed by atoms with Gasteiger partial charge in [0.05, 0.1) is 11.8 Å². The maximum Gasteiger partial charge on any atom is 0.307 e. The van der Waals surface area contributed by atoms with Crippen molar-refractivity contribution in [3.63, 3.8) is 0 Å². The number of carbonyl (C=O) groups is 3. The second kappa shape index (κ2) is 6.74. The van der Waals surface area contributed by atoms with Crippen molar-refractivity contribution in [2.45, 2.75) is 45.4 Å². The van der Waals surface area contributed by atoms with E-state index in [0.717, 1.165) is 24.8 Å². The van der Waals surface area contributed by atoms with Gasteiger partial charge in [-0.05, 0) is 54.2 Å². The number of carboxylic acid groups (broad SMARTS) is 1. The maximum atomic E-state index is 12.5. The maximum absolute atomic E-state index is 12.5. The van der Waals surface area contributed by atoms with Crippen molar-refractivity contribution in [1.82, 2.24) is 10.9 Å². The van der Waals surface area contributed by atoms with Gasteiger partial charge in [0.15, 0.2) is 0 Å². The van der Waals surface area contributed by atoms with Crippen LogP contribution in [0.5, 0.6) is 0 Å². The predicted octanol–water partition coefficient (Wildman–Crippen LogP) is 2.49. The number of nitrogens with one attached hydrogen (secondary N) is 2. The fourth-order valence-corrected chi connectivity index (χ4v) is 4.42. The quantitative estimate of drug-likeness (QED) is 0.724. The van der Waals surface area contributed by atoms with Crippen molar-refractivity contribution in [3.05, 3.63) is 35.4 Å². The lowest BCUT2D eigenvalue weighted by Gasteiger charge is -2.27. The highest BCUT2D eigenvalue weighted by atomic mass is 16.4. The van der Waals surface area contributed by atoms with Gasteiger partial charge in [-0.1, -0.05) is 32.9 Å². The third-order valence-corrected chi connectivity index (χ3v) is 5.82. The minimum Gasteiger partial charge on any atom is -0.481 e. The van der Waals surface area contributed by atoms with Gasteiger partial charge in [-0.3, -0.25) is 25.2 Å². The molecule has 0 spiro atoms. The number of fused-ring (bicyclic) bond motifs is 2. The second-order valence-corrected chi connectivity index (χ2v) is 8.49. The van der Waals surface area contributed by atoms with Crippen molar-refractivity contribution in [2.24, 2.45) is 23.7 Å². The Morgan fingerprint density at radius 1 is 0.962 bits per heavy atom. The molecule has 0 unspecified atom stereocenters. The number of rotatable bonds is 3. The number of amides is 2. The normalized spacial score (nSPS) is 27.2. The van der Waals surface area contributed by atoms with E-state index in [-0.39, 0.29) is 17.3 Å². The Hall–Kier alpha value is -2.37. The Balaban J connectivity index is 1.61. The Kier molecular flexibility index (Phi) is 4.78. The Labute approximate surface area is 153 Å². The van der Waals surface area contributed by atoms with Crippen molar-refractivity contribution in [1.29, 1.82) is 0 Å². The van der Waals surface area contributed by atoms with Crippen LogP contribution in [0.1, 0.15) is 56.0 Å². The second-order valence-electron chi connectivity index (χ2n) is 8.49. The summed E-state index contributed by atoms with van der Waals surface area (Å²) in [5.41, 5.74) is 6.41. The zero-order valence-corrected chi connectivity index (χ0v) is 15.4. The molecule has 0 aliphatic heterocycles. The first-order chi connectivity index (χ1) is 12.2. The smallest absolute Gasteiger partial charge is 0.307 e. The van der Waals surface area contributed by atoms with Crippen LogP contribution in [0, 0.1) is 23.7 Å². The summed E-state index contributed by atoms with van der Waals surface area (Å²) in [6, 6.07) is 7.24. The SMILES string of the molecule is CC(C)(C)c1ccc(C(=O)NNC(=O)[C@@H]2[C@@H]3CC[C@@H](C3)[C@@H]2C(=O)O)cc1. The Morgan fingerprint density at radius 2 is 1.54 bits per heavy atom. The van der Waals surface area contributed by atoms with E-state index >= 15 is 0 Å². The molecule has 0 radical (unpaired) electrons. The number of carboxylic acids is 1. The highest BCUT2D eigenvalue weighted by Gasteiger charge is 2.54. The molecule has 3 N–H and O–H groups in total. The first-order valence-electron chi connectivity index (χ1n) is 9.12. The molecule has 26 heavy (non-hydrogen) atoms. The average molecular weight is 358 g/mol. The number of hydrogen-bond acceptors (Lipinski definition) is 3. The van der Waals surface area contributed by atoms with Crippen LogP contribution >= 0.6 is 0 Å². The van der Waals surface area contributed by atoms with E-state index in [9.17, 15) is 19.5 Å². The zero-order chi connectivity index (χ0) is 19.1. The van der Waals surface area contributed by atoms with Gasteiger partial charge in [-0.25, -0.2) is 0 Å². The molecule has 2 amide bonds. The number of hydrogen-bond donors (Lipinski definition) is 3. The fraction of sp³-hybridized carbons (Fsp3) is 0.550. The van der Waals surface area contributed by atoms with E-state index in [1.165, 1.54) is 0 Å². The van der Waals surface area contributed by atoms with Gasteiger partial charge in [0.1, 0.15) is 0 Å². The highest BCUT2D eigenvalue weighted by Crippen LogP contribution is 2.52. The van der Waals surface area contributed by atoms with Gasteiger partial charge < -0.3 is 5.11 Å². The van der Waals surface area contributed by atoms with Crippen molar-refractivity contribution in [3.8, 4) is 0 Å². The first kappa shape index (κ1) is 18.4. The van der Waals surface area contributed by atoms with Gasteiger partial charge in [0, 0.05) is 5.56 Å². The largest absolute Gasteiger partial charge is 0.481 e. The van der Waals surface area contributed by atoms with Crippen LogP contribution in [-0.4, -0.2) is 22.9 Å². The van der Waals surface area contributed by atoms with Gasteiger partial charge in [0.25, 0.3) is 5.91 Å². The van der Waals surface area contributed by atoms with Crippen LogP contribution in [0.15, 0.2) is 24.3 Å². The molecule has 0 aromatic heterocycles. The fourth-order valence-electron chi connectivity index (χ4n) is 4.42. The van der Waals surface area contributed by atoms with Gasteiger partial charge in [0.2, 0.25) is 5.91 Å². The number of hydrazine groups is 1. The van der Waals surface area contributed by atoms with Crippen molar-refractivity contribution >= 4 is 17.8 Å². The molecule has 3 rings (SSSR count). The van der Waals surface area contributed by atoms with E-state index < -0.39 is 29.6 Å². The summed E-state index contributed by atoms with van der Waals surface area (Å²) >= 11 is 0. The van der Waals surface area contributed by atoms with Gasteiger partial charge >= 0.3 is 5.97 Å². The summed E-state index contributed by atoms with van der Waals surface area (Å²) in [4.78, 5) is 36.3. The molecule has 1 aromatic carbocycles. The minimum absolute atomic E-state index is 0.00312. The van der Waals surface area contributed by atoms with Crippen LogP contribution in [0.25, 0.3) is 0 Å². The summed E-state index contributed by atoms with van der Waals surface area (Å²) in [7, 11) is 0. The van der Waals surface area contributed by atoms with Gasteiger partial charge in [-0.2, -0.15) is 0 Å². The van der Waals surface area contributed by atoms with E-state index in [1.807, 2.05) is 12.1 Å². The number of aliphatic carboxylic acids is 1. The lowest BCUT2D eigenvalue weighted by Crippen LogP contribution is -2.48. The number of benzene rings is 1. The molecule has 0 saturated heterocycles.